The molecule has 1 aromatic heterocycles. The van der Waals surface area contributed by atoms with Gasteiger partial charge in [0.2, 0.25) is 11.0 Å². The van der Waals surface area contributed by atoms with E-state index in [9.17, 15) is 4.79 Å². The molecule has 5 nitrogen and oxygen atoms in total. The summed E-state index contributed by atoms with van der Waals surface area (Å²) in [5.74, 6) is 0.160. The van der Waals surface area contributed by atoms with Gasteiger partial charge in [0, 0.05) is 5.69 Å². The van der Waals surface area contributed by atoms with E-state index in [0.29, 0.717) is 11.0 Å². The number of primary amides is 1. The number of benzene rings is 1. The molecule has 21 heavy (non-hydrogen) atoms. The average molecular weight is 322 g/mol. The van der Waals surface area contributed by atoms with Crippen molar-refractivity contribution in [2.75, 3.05) is 5.32 Å². The van der Waals surface area contributed by atoms with Gasteiger partial charge in [-0.25, -0.2) is 0 Å². The number of aromatic nitrogens is 2. The standard InChI is InChI=1S/C14H18N4OS2/c1-8(2)10-4-6-11(7-5-10)16-13-17-18-14(21-13)20-9(3)12(15)19/h4-9H,1-3H3,(H2,15,19)(H,16,17)/t9-/m1/s1. The summed E-state index contributed by atoms with van der Waals surface area (Å²) in [5.41, 5.74) is 7.50. The van der Waals surface area contributed by atoms with Crippen molar-refractivity contribution in [3.05, 3.63) is 29.8 Å². The van der Waals surface area contributed by atoms with E-state index in [4.69, 9.17) is 5.73 Å². The number of hydrogen-bond donors (Lipinski definition) is 2. The summed E-state index contributed by atoms with van der Waals surface area (Å²) in [7, 11) is 0. The number of hydrogen-bond acceptors (Lipinski definition) is 6. The number of carbonyl (C=O) groups is 1. The summed E-state index contributed by atoms with van der Waals surface area (Å²) in [6.07, 6.45) is 0. The summed E-state index contributed by atoms with van der Waals surface area (Å²) in [4.78, 5) is 11.0. The lowest BCUT2D eigenvalue weighted by atomic mass is 10.0. The van der Waals surface area contributed by atoms with Crippen LogP contribution in [-0.2, 0) is 4.79 Å². The van der Waals surface area contributed by atoms with Crippen molar-refractivity contribution < 1.29 is 4.79 Å². The van der Waals surface area contributed by atoms with E-state index in [1.807, 2.05) is 12.1 Å². The van der Waals surface area contributed by atoms with Crippen molar-refractivity contribution in [2.45, 2.75) is 36.3 Å². The molecule has 1 aromatic carbocycles. The Morgan fingerprint density at radius 3 is 2.48 bits per heavy atom. The Bertz CT molecular complexity index is 610. The third-order valence-corrected chi connectivity index (χ3v) is 4.95. The molecular weight excluding hydrogens is 304 g/mol. The van der Waals surface area contributed by atoms with Crippen LogP contribution in [0.5, 0.6) is 0 Å². The minimum absolute atomic E-state index is 0.309. The van der Waals surface area contributed by atoms with Gasteiger partial charge in [0.1, 0.15) is 0 Å². The molecule has 0 saturated heterocycles. The number of nitrogens with one attached hydrogen (secondary N) is 1. The number of amides is 1. The first-order valence-corrected chi connectivity index (χ1v) is 8.32. The molecule has 1 heterocycles. The zero-order valence-corrected chi connectivity index (χ0v) is 13.8. The molecule has 7 heteroatoms. The van der Waals surface area contributed by atoms with Gasteiger partial charge < -0.3 is 11.1 Å². The van der Waals surface area contributed by atoms with Crippen molar-refractivity contribution in [1.82, 2.24) is 10.2 Å². The third kappa shape index (κ3) is 4.44. The topological polar surface area (TPSA) is 80.9 Å². The monoisotopic (exact) mass is 322 g/mol. The highest BCUT2D eigenvalue weighted by molar-refractivity contribution is 8.02. The lowest BCUT2D eigenvalue weighted by Crippen LogP contribution is -2.22. The Balaban J connectivity index is 2.00. The summed E-state index contributed by atoms with van der Waals surface area (Å²) in [6.45, 7) is 6.08. The fraction of sp³-hybridized carbons (Fsp3) is 0.357. The third-order valence-electron chi connectivity index (χ3n) is 2.91. The van der Waals surface area contributed by atoms with Crippen LogP contribution in [0.1, 0.15) is 32.3 Å². The molecule has 0 fully saturated rings. The molecule has 0 bridgehead atoms. The molecule has 3 N–H and O–H groups in total. The SMILES string of the molecule is CC(C)c1ccc(Nc2nnc(S[C@H](C)C(N)=O)s2)cc1. The summed E-state index contributed by atoms with van der Waals surface area (Å²) < 4.78 is 0.725. The molecule has 0 aliphatic heterocycles. The van der Waals surface area contributed by atoms with Gasteiger partial charge in [-0.1, -0.05) is 49.1 Å². The van der Waals surface area contributed by atoms with Gasteiger partial charge in [-0.2, -0.15) is 0 Å². The van der Waals surface area contributed by atoms with Crippen LogP contribution in [-0.4, -0.2) is 21.4 Å². The maximum absolute atomic E-state index is 11.0. The Labute approximate surface area is 132 Å². The number of anilines is 2. The smallest absolute Gasteiger partial charge is 0.230 e. The van der Waals surface area contributed by atoms with Gasteiger partial charge >= 0.3 is 0 Å². The zero-order chi connectivity index (χ0) is 15.4. The summed E-state index contributed by atoms with van der Waals surface area (Å²) in [6, 6.07) is 8.24. The minimum atomic E-state index is -0.353. The van der Waals surface area contributed by atoms with Crippen molar-refractivity contribution >= 4 is 39.8 Å². The fourth-order valence-corrected chi connectivity index (χ4v) is 3.46. The van der Waals surface area contributed by atoms with Gasteiger partial charge in [0.05, 0.1) is 5.25 Å². The van der Waals surface area contributed by atoms with Gasteiger partial charge in [-0.3, -0.25) is 4.79 Å². The Morgan fingerprint density at radius 1 is 1.24 bits per heavy atom. The van der Waals surface area contributed by atoms with Gasteiger partial charge in [-0.15, -0.1) is 10.2 Å². The van der Waals surface area contributed by atoms with Crippen molar-refractivity contribution in [3.8, 4) is 0 Å². The first kappa shape index (κ1) is 15.8. The molecule has 112 valence electrons. The van der Waals surface area contributed by atoms with Gasteiger partial charge in [0.15, 0.2) is 4.34 Å². The molecular formula is C14H18N4OS2. The highest BCUT2D eigenvalue weighted by Crippen LogP contribution is 2.30. The van der Waals surface area contributed by atoms with E-state index in [0.717, 1.165) is 10.0 Å². The molecule has 2 rings (SSSR count). The van der Waals surface area contributed by atoms with Crippen molar-refractivity contribution in [1.29, 1.82) is 0 Å². The van der Waals surface area contributed by atoms with E-state index < -0.39 is 0 Å². The van der Waals surface area contributed by atoms with Crippen LogP contribution in [0.25, 0.3) is 0 Å². The molecule has 0 aliphatic rings. The van der Waals surface area contributed by atoms with E-state index in [2.05, 4.69) is 41.5 Å². The predicted octanol–water partition coefficient (Wildman–Crippen LogP) is 3.37. The second-order valence-corrected chi connectivity index (χ2v) is 7.50. The van der Waals surface area contributed by atoms with Crippen LogP contribution in [0.2, 0.25) is 0 Å². The van der Waals surface area contributed by atoms with Crippen LogP contribution in [0.4, 0.5) is 10.8 Å². The number of rotatable bonds is 6. The first-order chi connectivity index (χ1) is 9.95. The minimum Gasteiger partial charge on any atom is -0.369 e. The highest BCUT2D eigenvalue weighted by atomic mass is 32.2. The molecule has 0 unspecified atom stereocenters. The van der Waals surface area contributed by atoms with Crippen LogP contribution < -0.4 is 11.1 Å². The lowest BCUT2D eigenvalue weighted by molar-refractivity contribution is -0.117. The first-order valence-electron chi connectivity index (χ1n) is 6.62. The molecule has 2 aromatic rings. The van der Waals surface area contributed by atoms with E-state index in [1.54, 1.807) is 6.92 Å². The molecule has 0 radical (unpaired) electrons. The molecule has 1 amide bonds. The Kier molecular flexibility index (Phi) is 5.19. The number of carbonyl (C=O) groups excluding carboxylic acids is 1. The molecule has 1 atom stereocenters. The lowest BCUT2D eigenvalue weighted by Gasteiger charge is -2.06. The fourth-order valence-electron chi connectivity index (χ4n) is 1.59. The van der Waals surface area contributed by atoms with E-state index in [1.165, 1.54) is 28.7 Å². The maximum Gasteiger partial charge on any atom is 0.230 e. The maximum atomic E-state index is 11.0. The number of nitrogens with zero attached hydrogens (tertiary/aromatic N) is 2. The molecule has 0 aliphatic carbocycles. The Morgan fingerprint density at radius 2 is 1.90 bits per heavy atom. The van der Waals surface area contributed by atoms with E-state index >= 15 is 0 Å². The summed E-state index contributed by atoms with van der Waals surface area (Å²) >= 11 is 2.73. The predicted molar refractivity (Wildman–Crippen MR) is 88.2 cm³/mol. The van der Waals surface area contributed by atoms with E-state index in [-0.39, 0.29) is 11.2 Å². The second-order valence-electron chi connectivity index (χ2n) is 4.94. The average Bonchev–Trinajstić information content (AvgIpc) is 2.86. The zero-order valence-electron chi connectivity index (χ0n) is 12.2. The van der Waals surface area contributed by atoms with Crippen LogP contribution in [0, 0.1) is 0 Å². The normalized spacial score (nSPS) is 12.4. The van der Waals surface area contributed by atoms with Crippen LogP contribution >= 0.6 is 23.1 Å². The van der Waals surface area contributed by atoms with Gasteiger partial charge in [0.25, 0.3) is 0 Å². The highest BCUT2D eigenvalue weighted by Gasteiger charge is 2.14. The number of thioether (sulfide) groups is 1. The Hall–Kier alpha value is -1.60. The van der Waals surface area contributed by atoms with Gasteiger partial charge in [-0.05, 0) is 30.5 Å². The van der Waals surface area contributed by atoms with Crippen molar-refractivity contribution in [3.63, 3.8) is 0 Å². The van der Waals surface area contributed by atoms with Crippen molar-refractivity contribution in [2.24, 2.45) is 5.73 Å². The molecule has 0 spiro atoms. The summed E-state index contributed by atoms with van der Waals surface area (Å²) in [5, 5.41) is 11.7. The van der Waals surface area contributed by atoms with Crippen LogP contribution in [0.15, 0.2) is 28.6 Å². The quantitative estimate of drug-likeness (QED) is 0.797. The largest absolute Gasteiger partial charge is 0.369 e. The number of nitrogens with two attached hydrogens (primary N) is 1. The second kappa shape index (κ2) is 6.91. The molecule has 0 saturated carbocycles. The van der Waals surface area contributed by atoms with Crippen LogP contribution in [0.3, 0.4) is 0 Å².